The highest BCUT2D eigenvalue weighted by molar-refractivity contribution is 5.23. The van der Waals surface area contributed by atoms with Gasteiger partial charge in [-0.2, -0.15) is 0 Å². The van der Waals surface area contributed by atoms with Gasteiger partial charge in [0.25, 0.3) is 0 Å². The van der Waals surface area contributed by atoms with Crippen molar-refractivity contribution in [2.24, 2.45) is 0 Å². The molecule has 92 valence electrons. The Kier molecular flexibility index (Phi) is 3.13. The van der Waals surface area contributed by atoms with E-state index in [1.807, 2.05) is 24.3 Å². The van der Waals surface area contributed by atoms with Crippen LogP contribution >= 0.6 is 0 Å². The Morgan fingerprint density at radius 1 is 0.833 bits per heavy atom. The zero-order valence-electron chi connectivity index (χ0n) is 10.4. The van der Waals surface area contributed by atoms with Crippen LogP contribution in [-0.4, -0.2) is 6.04 Å². The summed E-state index contributed by atoms with van der Waals surface area (Å²) in [6, 6.07) is 21.0. The molecule has 0 amide bonds. The quantitative estimate of drug-likeness (QED) is 0.866. The lowest BCUT2D eigenvalue weighted by atomic mass is 10.0. The number of ether oxygens (including phenoxy) is 1. The number of benzene rings is 2. The molecule has 0 saturated carbocycles. The summed E-state index contributed by atoms with van der Waals surface area (Å²) in [6.07, 6.45) is 0.114. The molecular formula is C16H17NO. The van der Waals surface area contributed by atoms with Gasteiger partial charge in [-0.3, -0.25) is 5.32 Å². The zero-order valence-corrected chi connectivity index (χ0v) is 10.4. The van der Waals surface area contributed by atoms with Crippen LogP contribution in [0.1, 0.15) is 30.4 Å². The molecule has 3 rings (SSSR count). The van der Waals surface area contributed by atoms with E-state index in [0.29, 0.717) is 6.04 Å². The average molecular weight is 239 g/mol. The molecular weight excluding hydrogens is 222 g/mol. The van der Waals surface area contributed by atoms with E-state index >= 15 is 0 Å². The number of nitrogens with one attached hydrogen (secondary N) is 1. The average Bonchev–Trinajstić information content (AvgIpc) is 2.83. The molecule has 0 aromatic heterocycles. The third-order valence-electron chi connectivity index (χ3n) is 3.38. The van der Waals surface area contributed by atoms with E-state index < -0.39 is 0 Å². The number of hydrogen-bond acceptors (Lipinski definition) is 2. The number of hydrogen-bond donors (Lipinski definition) is 1. The Hall–Kier alpha value is -1.64. The molecule has 1 aliphatic heterocycles. The van der Waals surface area contributed by atoms with E-state index in [2.05, 4.69) is 48.6 Å². The highest BCUT2D eigenvalue weighted by atomic mass is 16.5. The van der Waals surface area contributed by atoms with Gasteiger partial charge in [0.05, 0.1) is 0 Å². The van der Waals surface area contributed by atoms with E-state index in [1.54, 1.807) is 0 Å². The van der Waals surface area contributed by atoms with Gasteiger partial charge in [0.15, 0.2) is 0 Å². The summed E-state index contributed by atoms with van der Waals surface area (Å²) in [5, 5.41) is 3.50. The van der Waals surface area contributed by atoms with Crippen LogP contribution in [0, 0.1) is 0 Å². The predicted molar refractivity (Wildman–Crippen MR) is 72.0 cm³/mol. The van der Waals surface area contributed by atoms with Crippen LogP contribution in [0.2, 0.25) is 0 Å². The lowest BCUT2D eigenvalue weighted by molar-refractivity contribution is 0.0363. The Balaban J connectivity index is 1.81. The van der Waals surface area contributed by atoms with Crippen molar-refractivity contribution in [1.29, 1.82) is 0 Å². The Morgan fingerprint density at radius 2 is 1.39 bits per heavy atom. The molecule has 3 atom stereocenters. The molecule has 1 aliphatic rings. The van der Waals surface area contributed by atoms with E-state index in [-0.39, 0.29) is 12.3 Å². The minimum absolute atomic E-state index is 0.00796. The second kappa shape index (κ2) is 4.92. The molecule has 2 heteroatoms. The number of rotatable bonds is 2. The molecule has 0 spiro atoms. The van der Waals surface area contributed by atoms with Gasteiger partial charge < -0.3 is 4.74 Å². The van der Waals surface area contributed by atoms with Crippen molar-refractivity contribution in [1.82, 2.24) is 5.32 Å². The molecule has 0 aliphatic carbocycles. The maximum atomic E-state index is 6.13. The first-order valence-electron chi connectivity index (χ1n) is 6.36. The monoisotopic (exact) mass is 239 g/mol. The molecule has 2 aromatic rings. The fourth-order valence-electron chi connectivity index (χ4n) is 2.44. The maximum Gasteiger partial charge on any atom is 0.135 e. The second-order valence-corrected chi connectivity index (χ2v) is 4.71. The highest BCUT2D eigenvalue weighted by Crippen LogP contribution is 2.34. The molecule has 2 aromatic carbocycles. The normalized spacial score (nSPS) is 27.3. The van der Waals surface area contributed by atoms with Crippen molar-refractivity contribution in [2.45, 2.75) is 25.3 Å². The summed E-state index contributed by atoms with van der Waals surface area (Å²) in [6.45, 7) is 2.17. The Morgan fingerprint density at radius 3 is 2.00 bits per heavy atom. The smallest absolute Gasteiger partial charge is 0.135 e. The first-order valence-corrected chi connectivity index (χ1v) is 6.36. The van der Waals surface area contributed by atoms with Gasteiger partial charge >= 0.3 is 0 Å². The third-order valence-corrected chi connectivity index (χ3v) is 3.38. The van der Waals surface area contributed by atoms with E-state index in [1.165, 1.54) is 11.1 Å². The molecule has 2 nitrogen and oxygen atoms in total. The highest BCUT2D eigenvalue weighted by Gasteiger charge is 2.32. The Labute approximate surface area is 108 Å². The first-order chi connectivity index (χ1) is 8.84. The van der Waals surface area contributed by atoms with Gasteiger partial charge in [-0.25, -0.2) is 0 Å². The molecule has 1 fully saturated rings. The fraction of sp³-hybridized carbons (Fsp3) is 0.250. The van der Waals surface area contributed by atoms with Crippen molar-refractivity contribution in [3.63, 3.8) is 0 Å². The minimum atomic E-state index is -0.00796. The topological polar surface area (TPSA) is 21.3 Å². The summed E-state index contributed by atoms with van der Waals surface area (Å²) < 4.78 is 6.13. The van der Waals surface area contributed by atoms with Crippen molar-refractivity contribution >= 4 is 0 Å². The van der Waals surface area contributed by atoms with Crippen molar-refractivity contribution < 1.29 is 4.74 Å². The van der Waals surface area contributed by atoms with Crippen molar-refractivity contribution in [3.05, 3.63) is 71.8 Å². The first kappa shape index (κ1) is 11.5. The molecule has 1 N–H and O–H groups in total. The molecule has 1 heterocycles. The molecule has 0 bridgehead atoms. The van der Waals surface area contributed by atoms with Crippen LogP contribution in [0.5, 0.6) is 0 Å². The van der Waals surface area contributed by atoms with Crippen LogP contribution in [-0.2, 0) is 4.74 Å². The third kappa shape index (κ3) is 2.17. The van der Waals surface area contributed by atoms with Crippen LogP contribution < -0.4 is 5.32 Å². The van der Waals surface area contributed by atoms with Crippen LogP contribution in [0.4, 0.5) is 0 Å². The molecule has 18 heavy (non-hydrogen) atoms. The van der Waals surface area contributed by atoms with Crippen molar-refractivity contribution in [2.75, 3.05) is 0 Å². The summed E-state index contributed by atoms with van der Waals surface area (Å²) in [7, 11) is 0. The molecule has 0 unspecified atom stereocenters. The maximum absolute atomic E-state index is 6.13. The van der Waals surface area contributed by atoms with Gasteiger partial charge in [0.2, 0.25) is 0 Å². The lowest BCUT2D eigenvalue weighted by Gasteiger charge is -2.14. The fourth-order valence-corrected chi connectivity index (χ4v) is 2.44. The summed E-state index contributed by atoms with van der Waals surface area (Å²) in [5.41, 5.74) is 2.42. The standard InChI is InChI=1S/C16H17NO/c1-12-15(13-8-4-2-5-9-13)18-16(17-12)14-10-6-3-7-11-14/h2-12,15-17H,1H3/t12-,15-,16+/m1/s1. The van der Waals surface area contributed by atoms with Crippen LogP contribution in [0.3, 0.4) is 0 Å². The van der Waals surface area contributed by atoms with Crippen molar-refractivity contribution in [3.8, 4) is 0 Å². The summed E-state index contributed by atoms with van der Waals surface area (Å²) in [5.74, 6) is 0. The zero-order chi connectivity index (χ0) is 12.4. The predicted octanol–water partition coefficient (Wildman–Crippen LogP) is 3.43. The molecule has 1 saturated heterocycles. The van der Waals surface area contributed by atoms with Gasteiger partial charge in [-0.05, 0) is 18.1 Å². The van der Waals surface area contributed by atoms with Gasteiger partial charge in [0, 0.05) is 6.04 Å². The lowest BCUT2D eigenvalue weighted by Crippen LogP contribution is -2.23. The van der Waals surface area contributed by atoms with Gasteiger partial charge in [-0.1, -0.05) is 60.7 Å². The minimum Gasteiger partial charge on any atom is -0.350 e. The SMILES string of the molecule is C[C@H]1N[C@H](c2ccccc2)O[C@H]1c1ccccc1. The van der Waals surface area contributed by atoms with Gasteiger partial charge in [0.1, 0.15) is 12.3 Å². The summed E-state index contributed by atoms with van der Waals surface area (Å²) in [4.78, 5) is 0. The largest absolute Gasteiger partial charge is 0.350 e. The van der Waals surface area contributed by atoms with E-state index in [9.17, 15) is 0 Å². The Bertz CT molecular complexity index is 497. The van der Waals surface area contributed by atoms with Crippen LogP contribution in [0.25, 0.3) is 0 Å². The second-order valence-electron chi connectivity index (χ2n) is 4.71. The molecule has 0 radical (unpaired) electrons. The van der Waals surface area contributed by atoms with E-state index in [0.717, 1.165) is 0 Å². The summed E-state index contributed by atoms with van der Waals surface area (Å²) >= 11 is 0. The van der Waals surface area contributed by atoms with Crippen LogP contribution in [0.15, 0.2) is 60.7 Å². The van der Waals surface area contributed by atoms with Gasteiger partial charge in [-0.15, -0.1) is 0 Å². The van der Waals surface area contributed by atoms with E-state index in [4.69, 9.17) is 4.74 Å².